The molecule has 3 aromatic carbocycles. The third-order valence-electron chi connectivity index (χ3n) is 3.32. The first-order valence-corrected chi connectivity index (χ1v) is 9.75. The van der Waals surface area contributed by atoms with Gasteiger partial charge in [-0.3, -0.25) is 13.6 Å². The summed E-state index contributed by atoms with van der Waals surface area (Å²) in [5.41, 5.74) is 0. The Labute approximate surface area is 149 Å². The van der Waals surface area contributed by atoms with Gasteiger partial charge >= 0.3 is 7.94 Å². The van der Waals surface area contributed by atoms with E-state index in [9.17, 15) is 0 Å². The first-order chi connectivity index (χ1) is 12.3. The SMILES string of the molecule is C=CC[P+](Oc1ccccc1)(Oc1ccccc1)Oc1ccccc1. The van der Waals surface area contributed by atoms with Gasteiger partial charge in [-0.05, 0) is 42.5 Å². The monoisotopic (exact) mass is 351 g/mol. The molecule has 0 heterocycles. The molecule has 0 aliphatic heterocycles. The van der Waals surface area contributed by atoms with Gasteiger partial charge < -0.3 is 0 Å². The number of benzene rings is 3. The summed E-state index contributed by atoms with van der Waals surface area (Å²) in [7, 11) is -2.78. The van der Waals surface area contributed by atoms with Gasteiger partial charge in [-0.1, -0.05) is 61.2 Å². The van der Waals surface area contributed by atoms with Crippen LogP contribution in [0.1, 0.15) is 0 Å². The normalized spacial score (nSPS) is 10.7. The van der Waals surface area contributed by atoms with E-state index >= 15 is 0 Å². The van der Waals surface area contributed by atoms with Crippen molar-refractivity contribution < 1.29 is 13.6 Å². The highest BCUT2D eigenvalue weighted by atomic mass is 31.2. The van der Waals surface area contributed by atoms with Gasteiger partial charge in [-0.25, -0.2) is 0 Å². The van der Waals surface area contributed by atoms with Crippen LogP contribution in [-0.4, -0.2) is 6.16 Å². The van der Waals surface area contributed by atoms with Crippen molar-refractivity contribution in [1.29, 1.82) is 0 Å². The van der Waals surface area contributed by atoms with Crippen molar-refractivity contribution in [3.63, 3.8) is 0 Å². The Balaban J connectivity index is 1.95. The van der Waals surface area contributed by atoms with Crippen molar-refractivity contribution in [2.75, 3.05) is 6.16 Å². The molecule has 0 radical (unpaired) electrons. The number of para-hydroxylation sites is 3. The standard InChI is InChI=1S/C21H20O3P/c1-2-18-25(22-19-12-6-3-7-13-19,23-20-14-8-4-9-15-20)24-21-16-10-5-11-17-21/h2-17H,1,18H2/q+1. The van der Waals surface area contributed by atoms with Crippen molar-refractivity contribution in [1.82, 2.24) is 0 Å². The molecule has 126 valence electrons. The predicted octanol–water partition coefficient (Wildman–Crippen LogP) is 6.17. The smallest absolute Gasteiger partial charge is 0.271 e. The summed E-state index contributed by atoms with van der Waals surface area (Å²) < 4.78 is 18.7. The van der Waals surface area contributed by atoms with E-state index in [1.807, 2.05) is 91.0 Å². The highest BCUT2D eigenvalue weighted by Gasteiger charge is 2.48. The molecule has 0 N–H and O–H groups in total. The van der Waals surface area contributed by atoms with Crippen LogP contribution in [0.3, 0.4) is 0 Å². The number of allylic oxidation sites excluding steroid dienone is 1. The van der Waals surface area contributed by atoms with Gasteiger partial charge in [0, 0.05) is 0 Å². The maximum Gasteiger partial charge on any atom is 0.545 e. The summed E-state index contributed by atoms with van der Waals surface area (Å²) in [6.07, 6.45) is 2.22. The molecule has 0 amide bonds. The zero-order chi connectivity index (χ0) is 17.4. The van der Waals surface area contributed by atoms with Gasteiger partial charge in [-0.2, -0.15) is 0 Å². The molecule has 4 heteroatoms. The maximum atomic E-state index is 6.25. The van der Waals surface area contributed by atoms with Crippen molar-refractivity contribution in [2.45, 2.75) is 0 Å². The molecule has 0 aromatic heterocycles. The lowest BCUT2D eigenvalue weighted by molar-refractivity contribution is 0.358. The summed E-state index contributed by atoms with van der Waals surface area (Å²) in [6.45, 7) is 3.86. The molecule has 0 aliphatic rings. The molecule has 0 fully saturated rings. The highest BCUT2D eigenvalue weighted by molar-refractivity contribution is 7.63. The Morgan fingerprint density at radius 3 is 1.20 bits per heavy atom. The molecule has 0 aliphatic carbocycles. The summed E-state index contributed by atoms with van der Waals surface area (Å²) in [6, 6.07) is 28.7. The molecule has 0 unspecified atom stereocenters. The largest absolute Gasteiger partial charge is 0.545 e. The molecule has 3 nitrogen and oxygen atoms in total. The Bertz CT molecular complexity index is 675. The average molecular weight is 351 g/mol. The fourth-order valence-electron chi connectivity index (χ4n) is 2.25. The molecule has 3 aromatic rings. The molecule has 0 atom stereocenters. The maximum absolute atomic E-state index is 6.25. The van der Waals surface area contributed by atoms with Gasteiger partial charge in [0.15, 0.2) is 23.4 Å². The van der Waals surface area contributed by atoms with Crippen LogP contribution >= 0.6 is 7.94 Å². The lowest BCUT2D eigenvalue weighted by Crippen LogP contribution is -2.17. The third kappa shape index (κ3) is 4.85. The van der Waals surface area contributed by atoms with Gasteiger partial charge in [0.2, 0.25) is 0 Å². The van der Waals surface area contributed by atoms with Gasteiger partial charge in [0.05, 0.1) is 0 Å². The summed E-state index contributed by atoms with van der Waals surface area (Å²) >= 11 is 0. The second-order valence-electron chi connectivity index (χ2n) is 5.30. The van der Waals surface area contributed by atoms with E-state index in [1.165, 1.54) is 0 Å². The minimum atomic E-state index is -2.78. The number of rotatable bonds is 8. The fraction of sp³-hybridized carbons (Fsp3) is 0.0476. The topological polar surface area (TPSA) is 27.7 Å². The van der Waals surface area contributed by atoms with Crippen molar-refractivity contribution in [3.05, 3.63) is 104 Å². The first kappa shape index (κ1) is 17.1. The molecular weight excluding hydrogens is 331 g/mol. The van der Waals surface area contributed by atoms with Gasteiger partial charge in [-0.15, -0.1) is 0 Å². The summed E-state index contributed by atoms with van der Waals surface area (Å²) in [4.78, 5) is 0. The summed E-state index contributed by atoms with van der Waals surface area (Å²) in [5, 5.41) is 0. The van der Waals surface area contributed by atoms with E-state index in [2.05, 4.69) is 6.58 Å². The van der Waals surface area contributed by atoms with Crippen LogP contribution in [-0.2, 0) is 0 Å². The van der Waals surface area contributed by atoms with Crippen LogP contribution < -0.4 is 13.6 Å². The quantitative estimate of drug-likeness (QED) is 0.359. The Hall–Kier alpha value is -2.77. The van der Waals surface area contributed by atoms with E-state index in [0.29, 0.717) is 23.4 Å². The van der Waals surface area contributed by atoms with Gasteiger partial charge in [0.1, 0.15) is 0 Å². The van der Waals surface area contributed by atoms with E-state index in [0.717, 1.165) is 0 Å². The number of hydrogen-bond acceptors (Lipinski definition) is 3. The molecular formula is C21H20O3P+. The van der Waals surface area contributed by atoms with Crippen molar-refractivity contribution in [3.8, 4) is 17.2 Å². The van der Waals surface area contributed by atoms with E-state index in [4.69, 9.17) is 13.6 Å². The van der Waals surface area contributed by atoms with Crippen LogP contribution in [0.25, 0.3) is 0 Å². The highest BCUT2D eigenvalue weighted by Crippen LogP contribution is 2.60. The van der Waals surface area contributed by atoms with Crippen LogP contribution in [0.5, 0.6) is 17.2 Å². The second-order valence-corrected chi connectivity index (χ2v) is 7.43. The number of hydrogen-bond donors (Lipinski definition) is 0. The van der Waals surface area contributed by atoms with E-state index < -0.39 is 7.94 Å². The van der Waals surface area contributed by atoms with Gasteiger partial charge in [0.25, 0.3) is 0 Å². The third-order valence-corrected chi connectivity index (χ3v) is 5.49. The molecule has 0 bridgehead atoms. The van der Waals surface area contributed by atoms with Crippen LogP contribution in [0, 0.1) is 0 Å². The molecule has 3 rings (SSSR count). The minimum Gasteiger partial charge on any atom is -0.271 e. The predicted molar refractivity (Wildman–Crippen MR) is 103 cm³/mol. The molecule has 0 saturated carbocycles. The lowest BCUT2D eigenvalue weighted by atomic mass is 10.3. The zero-order valence-electron chi connectivity index (χ0n) is 13.8. The van der Waals surface area contributed by atoms with Crippen LogP contribution in [0.2, 0.25) is 0 Å². The minimum absolute atomic E-state index is 0.450. The first-order valence-electron chi connectivity index (χ1n) is 8.02. The Kier molecular flexibility index (Phi) is 5.71. The van der Waals surface area contributed by atoms with Crippen molar-refractivity contribution >= 4 is 7.94 Å². The molecule has 0 saturated heterocycles. The fourth-order valence-corrected chi connectivity index (χ4v) is 4.23. The second kappa shape index (κ2) is 8.36. The molecule has 0 spiro atoms. The van der Waals surface area contributed by atoms with Crippen LogP contribution in [0.4, 0.5) is 0 Å². The average Bonchev–Trinajstić information content (AvgIpc) is 2.64. The molecule has 25 heavy (non-hydrogen) atoms. The van der Waals surface area contributed by atoms with Crippen molar-refractivity contribution in [2.24, 2.45) is 0 Å². The Morgan fingerprint density at radius 1 is 0.600 bits per heavy atom. The Morgan fingerprint density at radius 2 is 0.920 bits per heavy atom. The van der Waals surface area contributed by atoms with E-state index in [-0.39, 0.29) is 0 Å². The van der Waals surface area contributed by atoms with E-state index in [1.54, 1.807) is 6.08 Å². The zero-order valence-corrected chi connectivity index (χ0v) is 14.7. The van der Waals surface area contributed by atoms with Crippen LogP contribution in [0.15, 0.2) is 104 Å². The lowest BCUT2D eigenvalue weighted by Gasteiger charge is -2.22. The summed E-state index contributed by atoms with van der Waals surface area (Å²) in [5.74, 6) is 2.10.